The first-order valence-corrected chi connectivity index (χ1v) is 15.8. The molecule has 8 rings (SSSR count). The van der Waals surface area contributed by atoms with Crippen molar-refractivity contribution in [2.24, 2.45) is 0 Å². The van der Waals surface area contributed by atoms with Crippen molar-refractivity contribution >= 4 is 0 Å². The van der Waals surface area contributed by atoms with Gasteiger partial charge in [0, 0.05) is 41.5 Å². The molecule has 5 nitrogen and oxygen atoms in total. The minimum Gasteiger partial charge on any atom is -0.265 e. The summed E-state index contributed by atoms with van der Waals surface area (Å²) in [6.45, 7) is 0. The monoisotopic (exact) mass is 615 g/mol. The van der Waals surface area contributed by atoms with Crippen LogP contribution < -0.4 is 0 Å². The van der Waals surface area contributed by atoms with Crippen LogP contribution in [0.1, 0.15) is 0 Å². The van der Waals surface area contributed by atoms with Crippen LogP contribution in [0, 0.1) is 0 Å². The summed E-state index contributed by atoms with van der Waals surface area (Å²) in [6.07, 6.45) is 6.98. The molecule has 3 heterocycles. The number of aromatic nitrogens is 5. The predicted molar refractivity (Wildman–Crippen MR) is 193 cm³/mol. The molecule has 48 heavy (non-hydrogen) atoms. The van der Waals surface area contributed by atoms with Crippen LogP contribution in [0.4, 0.5) is 0 Å². The molecule has 0 saturated carbocycles. The van der Waals surface area contributed by atoms with Crippen LogP contribution in [0.25, 0.3) is 78.7 Å². The second-order valence-corrected chi connectivity index (χ2v) is 11.5. The van der Waals surface area contributed by atoms with Gasteiger partial charge in [-0.3, -0.25) is 9.97 Å². The molecule has 0 unspecified atom stereocenters. The minimum atomic E-state index is 0.594. The molecule has 0 radical (unpaired) electrons. The van der Waals surface area contributed by atoms with E-state index in [0.717, 1.165) is 33.4 Å². The Bertz CT molecular complexity index is 2250. The number of nitrogens with zero attached hydrogens (tertiary/aromatic N) is 5. The van der Waals surface area contributed by atoms with E-state index in [1.807, 2.05) is 24.3 Å². The zero-order chi connectivity index (χ0) is 32.1. The molecule has 0 aliphatic carbocycles. The first-order chi connectivity index (χ1) is 23.8. The summed E-state index contributed by atoms with van der Waals surface area (Å²) in [5, 5.41) is 0. The van der Waals surface area contributed by atoms with Crippen molar-refractivity contribution in [2.45, 2.75) is 0 Å². The first kappa shape index (κ1) is 28.9. The summed E-state index contributed by atoms with van der Waals surface area (Å²) in [6, 6.07) is 52.7. The molecule has 226 valence electrons. The van der Waals surface area contributed by atoms with Crippen molar-refractivity contribution in [1.29, 1.82) is 0 Å². The van der Waals surface area contributed by atoms with Crippen molar-refractivity contribution in [2.75, 3.05) is 0 Å². The topological polar surface area (TPSA) is 64.5 Å². The van der Waals surface area contributed by atoms with Crippen molar-refractivity contribution in [3.8, 4) is 78.7 Å². The van der Waals surface area contributed by atoms with E-state index in [9.17, 15) is 0 Å². The lowest BCUT2D eigenvalue weighted by molar-refractivity contribution is 1.07. The van der Waals surface area contributed by atoms with Gasteiger partial charge in [-0.05, 0) is 93.0 Å². The SMILES string of the molecule is c1ccc(-c2cccc(-c3cc(-c4ccccc4)cc(-c4ccc(-c5nc(-c6ccncc6)nc(-c6ccncc6)n5)cc4)c3)c2)cc1. The van der Waals surface area contributed by atoms with Gasteiger partial charge in [0.2, 0.25) is 0 Å². The average molecular weight is 616 g/mol. The van der Waals surface area contributed by atoms with E-state index < -0.39 is 0 Å². The van der Waals surface area contributed by atoms with Crippen LogP contribution in [0.5, 0.6) is 0 Å². The average Bonchev–Trinajstić information content (AvgIpc) is 3.19. The van der Waals surface area contributed by atoms with Gasteiger partial charge in [0.05, 0.1) is 0 Å². The summed E-state index contributed by atoms with van der Waals surface area (Å²) in [4.78, 5) is 22.9. The highest BCUT2D eigenvalue weighted by Crippen LogP contribution is 2.35. The molecule has 0 aliphatic heterocycles. The smallest absolute Gasteiger partial charge is 0.164 e. The fraction of sp³-hybridized carbons (Fsp3) is 0. The van der Waals surface area contributed by atoms with E-state index in [4.69, 9.17) is 15.0 Å². The third-order valence-corrected chi connectivity index (χ3v) is 8.33. The summed E-state index contributed by atoms with van der Waals surface area (Å²) in [5.74, 6) is 1.79. The normalized spacial score (nSPS) is 10.9. The quantitative estimate of drug-likeness (QED) is 0.178. The van der Waals surface area contributed by atoms with E-state index >= 15 is 0 Å². The molecule has 5 heteroatoms. The maximum atomic E-state index is 4.88. The molecule has 0 atom stereocenters. The first-order valence-electron chi connectivity index (χ1n) is 15.8. The van der Waals surface area contributed by atoms with E-state index in [1.165, 1.54) is 27.8 Å². The number of pyridine rings is 2. The Morgan fingerprint density at radius 3 is 1.02 bits per heavy atom. The van der Waals surface area contributed by atoms with Crippen LogP contribution in [0.3, 0.4) is 0 Å². The Labute approximate surface area is 279 Å². The molecular weight excluding hydrogens is 587 g/mol. The highest BCUT2D eigenvalue weighted by Gasteiger charge is 2.14. The van der Waals surface area contributed by atoms with Crippen molar-refractivity contribution < 1.29 is 0 Å². The Hall–Kier alpha value is -6.59. The lowest BCUT2D eigenvalue weighted by Gasteiger charge is -2.13. The molecule has 0 saturated heterocycles. The number of hydrogen-bond acceptors (Lipinski definition) is 5. The zero-order valence-electron chi connectivity index (χ0n) is 26.0. The highest BCUT2D eigenvalue weighted by molar-refractivity contribution is 5.83. The van der Waals surface area contributed by atoms with Crippen LogP contribution in [0.2, 0.25) is 0 Å². The van der Waals surface area contributed by atoms with Gasteiger partial charge in [0.1, 0.15) is 0 Å². The second-order valence-electron chi connectivity index (χ2n) is 11.5. The van der Waals surface area contributed by atoms with E-state index in [-0.39, 0.29) is 0 Å². The molecule has 0 aliphatic rings. The predicted octanol–water partition coefficient (Wildman–Crippen LogP) is 10.3. The van der Waals surface area contributed by atoms with Crippen molar-refractivity contribution in [3.63, 3.8) is 0 Å². The zero-order valence-corrected chi connectivity index (χ0v) is 26.0. The molecule has 0 bridgehead atoms. The summed E-state index contributed by atoms with van der Waals surface area (Å²) >= 11 is 0. The number of hydrogen-bond donors (Lipinski definition) is 0. The number of benzene rings is 5. The van der Waals surface area contributed by atoms with Crippen molar-refractivity contribution in [3.05, 3.63) is 176 Å². The molecule has 5 aromatic carbocycles. The maximum Gasteiger partial charge on any atom is 0.164 e. The lowest BCUT2D eigenvalue weighted by Crippen LogP contribution is -2.00. The minimum absolute atomic E-state index is 0.594. The summed E-state index contributed by atoms with van der Waals surface area (Å²) < 4.78 is 0. The van der Waals surface area contributed by atoms with E-state index in [0.29, 0.717) is 17.5 Å². The van der Waals surface area contributed by atoms with Gasteiger partial charge in [-0.2, -0.15) is 0 Å². The van der Waals surface area contributed by atoms with Crippen molar-refractivity contribution in [1.82, 2.24) is 24.9 Å². The standard InChI is InChI=1S/C43H29N5/c1-3-8-30(9-4-1)36-12-7-13-37(26-36)40-28-38(31-10-5-2-6-11-31)27-39(29-40)32-14-16-33(17-15-32)41-46-42(34-18-22-44-23-19-34)48-43(47-41)35-20-24-45-25-21-35/h1-29H. The van der Waals surface area contributed by atoms with Crippen LogP contribution >= 0.6 is 0 Å². The van der Waals surface area contributed by atoms with E-state index in [2.05, 4.69) is 137 Å². The number of rotatable bonds is 7. The fourth-order valence-corrected chi connectivity index (χ4v) is 5.84. The highest BCUT2D eigenvalue weighted by atomic mass is 15.0. The van der Waals surface area contributed by atoms with Gasteiger partial charge in [0.15, 0.2) is 17.5 Å². The van der Waals surface area contributed by atoms with Gasteiger partial charge >= 0.3 is 0 Å². The second kappa shape index (κ2) is 13.0. The fourth-order valence-electron chi connectivity index (χ4n) is 5.84. The molecule has 0 spiro atoms. The molecule has 0 fully saturated rings. The summed E-state index contributed by atoms with van der Waals surface area (Å²) in [5.41, 5.74) is 12.0. The third-order valence-electron chi connectivity index (χ3n) is 8.33. The van der Waals surface area contributed by atoms with Crippen LogP contribution in [-0.2, 0) is 0 Å². The van der Waals surface area contributed by atoms with E-state index in [1.54, 1.807) is 24.8 Å². The molecular formula is C43H29N5. The largest absolute Gasteiger partial charge is 0.265 e. The molecule has 8 aromatic rings. The van der Waals surface area contributed by atoms with Gasteiger partial charge < -0.3 is 0 Å². The maximum absolute atomic E-state index is 4.88. The Morgan fingerprint density at radius 2 is 0.542 bits per heavy atom. The van der Waals surface area contributed by atoms with Gasteiger partial charge in [0.25, 0.3) is 0 Å². The third kappa shape index (κ3) is 6.13. The van der Waals surface area contributed by atoms with Crippen LogP contribution in [0.15, 0.2) is 176 Å². The Morgan fingerprint density at radius 1 is 0.229 bits per heavy atom. The molecule has 3 aromatic heterocycles. The lowest BCUT2D eigenvalue weighted by atomic mass is 9.92. The van der Waals surface area contributed by atoms with Gasteiger partial charge in [-0.25, -0.2) is 15.0 Å². The Kier molecular flexibility index (Phi) is 7.83. The molecule has 0 N–H and O–H groups in total. The Balaban J connectivity index is 1.20. The summed E-state index contributed by atoms with van der Waals surface area (Å²) in [7, 11) is 0. The molecule has 0 amide bonds. The van der Waals surface area contributed by atoms with Gasteiger partial charge in [-0.15, -0.1) is 0 Å². The van der Waals surface area contributed by atoms with Crippen LogP contribution in [-0.4, -0.2) is 24.9 Å². The van der Waals surface area contributed by atoms with Gasteiger partial charge in [-0.1, -0.05) is 103 Å².